The first kappa shape index (κ1) is 41.8. The fraction of sp³-hybridized carbons (Fsp3) is 0.564. The van der Waals surface area contributed by atoms with Crippen LogP contribution in [0.4, 0.5) is 0 Å². The molecule has 11 heteroatoms. The van der Waals surface area contributed by atoms with E-state index in [1.807, 2.05) is 48.5 Å². The van der Waals surface area contributed by atoms with Gasteiger partial charge in [-0.15, -0.1) is 0 Å². The van der Waals surface area contributed by atoms with Crippen molar-refractivity contribution in [3.63, 3.8) is 0 Å². The van der Waals surface area contributed by atoms with Crippen LogP contribution in [-0.4, -0.2) is 87.2 Å². The largest absolute Gasteiger partial charge is 0.480 e. The number of aliphatic carboxylic acids is 2. The predicted molar refractivity (Wildman–Crippen MR) is 189 cm³/mol. The first-order valence-corrected chi connectivity index (χ1v) is 18.1. The molecule has 0 saturated carbocycles. The molecule has 0 radical (unpaired) electrons. The Morgan fingerprint density at radius 2 is 1.38 bits per heavy atom. The summed E-state index contributed by atoms with van der Waals surface area (Å²) in [5.41, 5.74) is 2.34. The van der Waals surface area contributed by atoms with Crippen molar-refractivity contribution in [2.24, 2.45) is 0 Å². The average Bonchev–Trinajstić information content (AvgIpc) is 3.61. The van der Waals surface area contributed by atoms with Crippen molar-refractivity contribution in [2.75, 3.05) is 13.1 Å². The van der Waals surface area contributed by atoms with E-state index in [9.17, 15) is 24.3 Å². The predicted octanol–water partition coefficient (Wildman–Crippen LogP) is 5.51. The summed E-state index contributed by atoms with van der Waals surface area (Å²) < 4.78 is 0. The number of hydrogen-bond acceptors (Lipinski definition) is 7. The third-order valence-corrected chi connectivity index (χ3v) is 9.22. The highest BCUT2D eigenvalue weighted by atomic mass is 16.4. The number of hydrogen-bond donors (Lipinski definition) is 3. The number of nitrogens with one attached hydrogen (secondary N) is 1. The van der Waals surface area contributed by atoms with Gasteiger partial charge in [-0.2, -0.15) is 9.59 Å². The van der Waals surface area contributed by atoms with Gasteiger partial charge >= 0.3 is 18.1 Å². The van der Waals surface area contributed by atoms with Crippen molar-refractivity contribution >= 4 is 29.9 Å². The van der Waals surface area contributed by atoms with E-state index < -0.39 is 30.1 Å². The molecule has 2 amide bonds. The molecular formula is C39H55N3O8. The van der Waals surface area contributed by atoms with Crippen LogP contribution in [0.15, 0.2) is 60.7 Å². The van der Waals surface area contributed by atoms with Crippen LogP contribution in [0.2, 0.25) is 0 Å². The van der Waals surface area contributed by atoms with Crippen molar-refractivity contribution in [3.8, 4) is 0 Å². The summed E-state index contributed by atoms with van der Waals surface area (Å²) >= 11 is 0. The molecule has 2 fully saturated rings. The number of aryl methyl sites for hydroxylation is 2. The highest BCUT2D eigenvalue weighted by Gasteiger charge is 2.50. The maximum absolute atomic E-state index is 13.2. The van der Waals surface area contributed by atoms with Crippen LogP contribution in [0.25, 0.3) is 0 Å². The maximum atomic E-state index is 13.2. The third-order valence-electron chi connectivity index (χ3n) is 9.22. The Morgan fingerprint density at radius 1 is 0.800 bits per heavy atom. The Kier molecular flexibility index (Phi) is 20.0. The van der Waals surface area contributed by atoms with Crippen molar-refractivity contribution < 1.29 is 39.0 Å². The number of carboxylic acid groups (broad SMARTS) is 2. The SMILES string of the molecule is CCCCC[C@H](NCCCc1ccccc1)C(=O)O.CCCCC[C@H]1C(=O)N2CCC[C@H]2C(=O)N1C(CCc1ccccc1)C(=O)O.O=C=O. The molecule has 2 saturated heterocycles. The lowest BCUT2D eigenvalue weighted by Gasteiger charge is -2.45. The lowest BCUT2D eigenvalue weighted by Crippen LogP contribution is -2.66. The van der Waals surface area contributed by atoms with E-state index in [2.05, 4.69) is 31.3 Å². The molecule has 2 heterocycles. The number of carbonyl (C=O) groups excluding carboxylic acids is 4. The number of unbranched alkanes of at least 4 members (excludes halogenated alkanes) is 4. The maximum Gasteiger partial charge on any atom is 0.373 e. The first-order chi connectivity index (χ1) is 24.2. The summed E-state index contributed by atoms with van der Waals surface area (Å²) in [6.07, 6.45) is 11.8. The van der Waals surface area contributed by atoms with Gasteiger partial charge in [0.05, 0.1) is 0 Å². The first-order valence-electron chi connectivity index (χ1n) is 18.1. The molecule has 0 aliphatic carbocycles. The summed E-state index contributed by atoms with van der Waals surface area (Å²) in [5, 5.41) is 22.2. The fourth-order valence-corrected chi connectivity index (χ4v) is 6.60. The molecule has 11 nitrogen and oxygen atoms in total. The number of carbonyl (C=O) groups is 4. The Balaban J connectivity index is 0.000000343. The van der Waals surface area contributed by atoms with E-state index >= 15 is 0 Å². The second kappa shape index (κ2) is 23.9. The minimum absolute atomic E-state index is 0.0656. The van der Waals surface area contributed by atoms with E-state index in [1.54, 1.807) is 4.90 Å². The number of nitrogens with zero attached hydrogens (tertiary/aromatic N) is 2. The zero-order valence-electron chi connectivity index (χ0n) is 29.6. The molecule has 2 aliphatic rings. The fourth-order valence-electron chi connectivity index (χ4n) is 6.60. The number of amides is 2. The van der Waals surface area contributed by atoms with Crippen LogP contribution in [0.5, 0.6) is 0 Å². The molecule has 1 unspecified atom stereocenters. The standard InChI is InChI=1S/C22H30N2O4.C16H25NO2.CO2/c1-2-3-5-11-18-20(25)23-15-8-12-17(23)21(26)24(18)19(22(27)28)14-13-16-9-6-4-7-10-16;1-2-3-5-12-15(16(18)19)17-13-8-11-14-9-6-4-7-10-14;2-1-3/h4,6-7,9-10,17-19H,2-3,5,8,11-15H2,1H3,(H,27,28);4,6-7,9-10,15,17H,2-3,5,8,11-13H2,1H3,(H,18,19);/t17-,18-,19?;15-;/m00./s1. The van der Waals surface area contributed by atoms with Crippen LogP contribution in [0, 0.1) is 0 Å². The minimum Gasteiger partial charge on any atom is -0.480 e. The quantitative estimate of drug-likeness (QED) is 0.161. The van der Waals surface area contributed by atoms with Gasteiger partial charge in [0.15, 0.2) is 0 Å². The molecule has 4 atom stereocenters. The van der Waals surface area contributed by atoms with Gasteiger partial charge in [0.25, 0.3) is 0 Å². The molecule has 4 rings (SSSR count). The molecule has 0 bridgehead atoms. The average molecular weight is 694 g/mol. The highest BCUT2D eigenvalue weighted by Crippen LogP contribution is 2.31. The van der Waals surface area contributed by atoms with Gasteiger partial charge in [0.2, 0.25) is 11.8 Å². The van der Waals surface area contributed by atoms with Crippen molar-refractivity contribution in [3.05, 3.63) is 71.8 Å². The van der Waals surface area contributed by atoms with Gasteiger partial charge < -0.3 is 25.3 Å². The summed E-state index contributed by atoms with van der Waals surface area (Å²) in [6.45, 7) is 5.58. The van der Waals surface area contributed by atoms with E-state index in [-0.39, 0.29) is 24.0 Å². The Bertz CT molecular complexity index is 1330. The number of carboxylic acids is 2. The molecule has 0 aromatic heterocycles. The molecule has 50 heavy (non-hydrogen) atoms. The van der Waals surface area contributed by atoms with Gasteiger partial charge in [-0.3, -0.25) is 14.4 Å². The zero-order valence-corrected chi connectivity index (χ0v) is 29.6. The van der Waals surface area contributed by atoms with Crippen LogP contribution in [0.3, 0.4) is 0 Å². The van der Waals surface area contributed by atoms with Crippen LogP contribution >= 0.6 is 0 Å². The number of benzene rings is 2. The molecule has 2 aliphatic heterocycles. The lowest BCUT2D eigenvalue weighted by atomic mass is 9.95. The molecule has 274 valence electrons. The van der Waals surface area contributed by atoms with Crippen LogP contribution < -0.4 is 5.32 Å². The number of rotatable bonds is 19. The second-order valence-electron chi connectivity index (χ2n) is 12.8. The molecule has 2 aromatic rings. The highest BCUT2D eigenvalue weighted by molar-refractivity contribution is 5.99. The Morgan fingerprint density at radius 3 is 1.94 bits per heavy atom. The smallest absolute Gasteiger partial charge is 0.373 e. The summed E-state index contributed by atoms with van der Waals surface area (Å²) in [4.78, 5) is 68.9. The van der Waals surface area contributed by atoms with E-state index in [0.29, 0.717) is 32.2 Å². The Hall–Kier alpha value is -4.34. The van der Waals surface area contributed by atoms with Crippen LogP contribution in [0.1, 0.15) is 102 Å². The molecule has 0 spiro atoms. The summed E-state index contributed by atoms with van der Waals surface area (Å²) in [7, 11) is 0. The summed E-state index contributed by atoms with van der Waals surface area (Å²) in [6, 6.07) is 17.5. The Labute approximate surface area is 296 Å². The third kappa shape index (κ3) is 13.9. The van der Waals surface area contributed by atoms with E-state index in [1.165, 1.54) is 10.5 Å². The van der Waals surface area contributed by atoms with E-state index in [0.717, 1.165) is 76.3 Å². The number of fused-ring (bicyclic) bond motifs is 1. The van der Waals surface area contributed by atoms with Gasteiger partial charge in [0.1, 0.15) is 24.2 Å². The molecular weight excluding hydrogens is 638 g/mol. The second-order valence-corrected chi connectivity index (χ2v) is 12.8. The van der Waals surface area contributed by atoms with E-state index in [4.69, 9.17) is 14.7 Å². The van der Waals surface area contributed by atoms with Gasteiger partial charge in [-0.05, 0) is 69.0 Å². The van der Waals surface area contributed by atoms with Crippen molar-refractivity contribution in [2.45, 2.75) is 128 Å². The van der Waals surface area contributed by atoms with Gasteiger partial charge in [-0.25, -0.2) is 4.79 Å². The minimum atomic E-state index is -1.02. The van der Waals surface area contributed by atoms with Gasteiger partial charge in [0, 0.05) is 6.54 Å². The zero-order chi connectivity index (χ0) is 36.7. The monoisotopic (exact) mass is 693 g/mol. The topological polar surface area (TPSA) is 161 Å². The molecule has 2 aromatic carbocycles. The van der Waals surface area contributed by atoms with Gasteiger partial charge in [-0.1, -0.05) is 113 Å². The number of piperazine rings is 1. The van der Waals surface area contributed by atoms with Crippen molar-refractivity contribution in [1.29, 1.82) is 0 Å². The lowest BCUT2D eigenvalue weighted by molar-refractivity contribution is -0.191. The van der Waals surface area contributed by atoms with Crippen LogP contribution in [-0.2, 0) is 41.6 Å². The molecule has 3 N–H and O–H groups in total. The summed E-state index contributed by atoms with van der Waals surface area (Å²) in [5.74, 6) is -2.00. The van der Waals surface area contributed by atoms with Crippen molar-refractivity contribution in [1.82, 2.24) is 15.1 Å². The normalized spacial score (nSPS) is 17.7.